The van der Waals surface area contributed by atoms with Crippen molar-refractivity contribution in [1.82, 2.24) is 19.7 Å². The average molecular weight is 383 g/mol. The number of halogens is 1. The Balaban J connectivity index is 1.83. The summed E-state index contributed by atoms with van der Waals surface area (Å²) < 4.78 is 16.1. The highest BCUT2D eigenvalue weighted by Gasteiger charge is 2.18. The third-order valence-electron chi connectivity index (χ3n) is 4.87. The lowest BCUT2D eigenvalue weighted by Gasteiger charge is -2.13. The van der Waals surface area contributed by atoms with Crippen molar-refractivity contribution in [1.29, 1.82) is 0 Å². The molecular formula is C21H26FN5O. The van der Waals surface area contributed by atoms with Crippen LogP contribution in [-0.4, -0.2) is 39.7 Å². The predicted molar refractivity (Wildman–Crippen MR) is 109 cm³/mol. The molecule has 2 heterocycles. The van der Waals surface area contributed by atoms with Crippen molar-refractivity contribution < 1.29 is 9.18 Å². The van der Waals surface area contributed by atoms with Gasteiger partial charge in [0.25, 0.3) is 0 Å². The number of nitrogens with one attached hydrogen (secondary N) is 1. The summed E-state index contributed by atoms with van der Waals surface area (Å²) in [6.07, 6.45) is 0.133. The molecule has 28 heavy (non-hydrogen) atoms. The molecule has 0 unspecified atom stereocenters. The summed E-state index contributed by atoms with van der Waals surface area (Å²) in [6, 6.07) is 4.89. The molecule has 7 heteroatoms. The zero-order chi connectivity index (χ0) is 20.6. The number of aromatic nitrogens is 3. The molecule has 0 spiro atoms. The van der Waals surface area contributed by atoms with Crippen molar-refractivity contribution in [3.05, 3.63) is 52.1 Å². The molecule has 3 aromatic rings. The SMILES string of the molecule is Cc1nc2c(c(C)nn2C)c(C)c1CC(=O)Nc1ccc(CN(C)C)cc1F. The number of carbonyl (C=O) groups excluding carboxylic acids is 1. The Morgan fingerprint density at radius 2 is 1.93 bits per heavy atom. The van der Waals surface area contributed by atoms with E-state index >= 15 is 0 Å². The van der Waals surface area contributed by atoms with Crippen molar-refractivity contribution in [3.63, 3.8) is 0 Å². The molecule has 3 rings (SSSR count). The third kappa shape index (κ3) is 3.89. The second kappa shape index (κ2) is 7.67. The summed E-state index contributed by atoms with van der Waals surface area (Å²) in [5.41, 5.74) is 5.36. The minimum atomic E-state index is -0.433. The van der Waals surface area contributed by atoms with E-state index in [0.29, 0.717) is 6.54 Å². The van der Waals surface area contributed by atoms with Gasteiger partial charge in [-0.15, -0.1) is 0 Å². The van der Waals surface area contributed by atoms with Gasteiger partial charge in [0, 0.05) is 24.7 Å². The summed E-state index contributed by atoms with van der Waals surface area (Å²) in [6.45, 7) is 6.43. The standard InChI is InChI=1S/C21H26FN5O/c1-12-16(13(2)23-21-20(12)14(3)25-27(21)6)10-19(28)24-18-8-7-15(9-17(18)22)11-26(4)5/h7-9H,10-11H2,1-6H3,(H,24,28). The summed E-state index contributed by atoms with van der Waals surface area (Å²) in [5, 5.41) is 8.07. The molecular weight excluding hydrogens is 357 g/mol. The molecule has 0 aliphatic carbocycles. The van der Waals surface area contributed by atoms with Gasteiger partial charge in [0.05, 0.1) is 17.8 Å². The Kier molecular flexibility index (Phi) is 5.47. The van der Waals surface area contributed by atoms with Gasteiger partial charge in [-0.25, -0.2) is 9.37 Å². The molecule has 0 atom stereocenters. The van der Waals surface area contributed by atoms with E-state index in [1.165, 1.54) is 6.07 Å². The van der Waals surface area contributed by atoms with Gasteiger partial charge in [0.15, 0.2) is 5.65 Å². The molecule has 6 nitrogen and oxygen atoms in total. The van der Waals surface area contributed by atoms with E-state index < -0.39 is 5.82 Å². The lowest BCUT2D eigenvalue weighted by Crippen LogP contribution is -2.18. The van der Waals surface area contributed by atoms with Crippen LogP contribution in [0.3, 0.4) is 0 Å². The Hall–Kier alpha value is -2.80. The predicted octanol–water partition coefficient (Wildman–Crippen LogP) is 3.28. The Morgan fingerprint density at radius 3 is 2.57 bits per heavy atom. The first-order valence-corrected chi connectivity index (χ1v) is 9.19. The van der Waals surface area contributed by atoms with E-state index in [0.717, 1.165) is 39.1 Å². The average Bonchev–Trinajstić information content (AvgIpc) is 2.87. The second-order valence-corrected chi connectivity index (χ2v) is 7.49. The molecule has 0 saturated heterocycles. The Bertz CT molecular complexity index is 1050. The zero-order valence-corrected chi connectivity index (χ0v) is 17.2. The number of pyridine rings is 1. The fourth-order valence-corrected chi connectivity index (χ4v) is 3.60. The zero-order valence-electron chi connectivity index (χ0n) is 17.2. The number of amides is 1. The third-order valence-corrected chi connectivity index (χ3v) is 4.87. The van der Waals surface area contributed by atoms with Crippen LogP contribution in [0, 0.1) is 26.6 Å². The first kappa shape index (κ1) is 19.9. The monoisotopic (exact) mass is 383 g/mol. The second-order valence-electron chi connectivity index (χ2n) is 7.49. The summed E-state index contributed by atoms with van der Waals surface area (Å²) in [5.74, 6) is -0.703. The van der Waals surface area contributed by atoms with Crippen LogP contribution < -0.4 is 5.32 Å². The Labute approximate surface area is 164 Å². The number of rotatable bonds is 5. The smallest absolute Gasteiger partial charge is 0.228 e. The van der Waals surface area contributed by atoms with Gasteiger partial charge < -0.3 is 10.2 Å². The molecule has 148 valence electrons. The number of aryl methyl sites for hydroxylation is 4. The van der Waals surface area contributed by atoms with E-state index in [-0.39, 0.29) is 18.0 Å². The van der Waals surface area contributed by atoms with E-state index in [4.69, 9.17) is 0 Å². The summed E-state index contributed by atoms with van der Waals surface area (Å²) in [7, 11) is 5.70. The van der Waals surface area contributed by atoms with Crippen molar-refractivity contribution in [2.45, 2.75) is 33.7 Å². The summed E-state index contributed by atoms with van der Waals surface area (Å²) >= 11 is 0. The first-order valence-electron chi connectivity index (χ1n) is 9.19. The van der Waals surface area contributed by atoms with Crippen molar-refractivity contribution in [2.75, 3.05) is 19.4 Å². The molecule has 0 aliphatic heterocycles. The maximum atomic E-state index is 14.4. The van der Waals surface area contributed by atoms with E-state index in [9.17, 15) is 9.18 Å². The van der Waals surface area contributed by atoms with Gasteiger partial charge in [-0.05, 0) is 63.7 Å². The molecule has 0 radical (unpaired) electrons. The molecule has 0 bridgehead atoms. The summed E-state index contributed by atoms with van der Waals surface area (Å²) in [4.78, 5) is 19.2. The Morgan fingerprint density at radius 1 is 1.21 bits per heavy atom. The molecule has 1 N–H and O–H groups in total. The lowest BCUT2D eigenvalue weighted by molar-refractivity contribution is -0.115. The van der Waals surface area contributed by atoms with Gasteiger partial charge in [0.1, 0.15) is 5.82 Å². The number of nitrogens with zero attached hydrogens (tertiary/aromatic N) is 4. The van der Waals surface area contributed by atoms with E-state index in [2.05, 4.69) is 15.4 Å². The van der Waals surface area contributed by atoms with E-state index in [1.54, 1.807) is 10.7 Å². The maximum absolute atomic E-state index is 14.4. The highest BCUT2D eigenvalue weighted by molar-refractivity contribution is 5.94. The number of fused-ring (bicyclic) bond motifs is 1. The minimum Gasteiger partial charge on any atom is -0.323 e. The fourth-order valence-electron chi connectivity index (χ4n) is 3.60. The van der Waals surface area contributed by atoms with Crippen LogP contribution >= 0.6 is 0 Å². The van der Waals surface area contributed by atoms with Crippen molar-refractivity contribution in [2.24, 2.45) is 7.05 Å². The first-order chi connectivity index (χ1) is 13.2. The fraction of sp³-hybridized carbons (Fsp3) is 0.381. The number of anilines is 1. The van der Waals surface area contributed by atoms with Crippen molar-refractivity contribution >= 4 is 22.6 Å². The number of benzene rings is 1. The van der Waals surface area contributed by atoms with Crippen LogP contribution in [-0.2, 0) is 24.8 Å². The highest BCUT2D eigenvalue weighted by Crippen LogP contribution is 2.26. The van der Waals surface area contributed by atoms with Gasteiger partial charge in [-0.1, -0.05) is 6.07 Å². The molecule has 1 aromatic carbocycles. The van der Waals surface area contributed by atoms with Crippen LogP contribution in [0.5, 0.6) is 0 Å². The van der Waals surface area contributed by atoms with Crippen molar-refractivity contribution in [3.8, 4) is 0 Å². The van der Waals surface area contributed by atoms with Gasteiger partial charge >= 0.3 is 0 Å². The van der Waals surface area contributed by atoms with Crippen LogP contribution in [0.4, 0.5) is 10.1 Å². The topological polar surface area (TPSA) is 63.1 Å². The van der Waals surface area contributed by atoms with Crippen LogP contribution in [0.25, 0.3) is 11.0 Å². The maximum Gasteiger partial charge on any atom is 0.228 e. The van der Waals surface area contributed by atoms with Gasteiger partial charge in [-0.2, -0.15) is 5.10 Å². The van der Waals surface area contributed by atoms with Gasteiger partial charge in [0.2, 0.25) is 5.91 Å². The largest absolute Gasteiger partial charge is 0.323 e. The lowest BCUT2D eigenvalue weighted by atomic mass is 10.0. The highest BCUT2D eigenvalue weighted by atomic mass is 19.1. The van der Waals surface area contributed by atoms with Gasteiger partial charge in [-0.3, -0.25) is 9.48 Å². The molecule has 0 saturated carbocycles. The van der Waals surface area contributed by atoms with Crippen LogP contribution in [0.15, 0.2) is 18.2 Å². The normalized spacial score (nSPS) is 11.4. The van der Waals surface area contributed by atoms with Crippen LogP contribution in [0.2, 0.25) is 0 Å². The molecule has 0 fully saturated rings. The quantitative estimate of drug-likeness (QED) is 0.734. The minimum absolute atomic E-state index is 0.133. The molecule has 1 amide bonds. The number of hydrogen-bond acceptors (Lipinski definition) is 4. The molecule has 2 aromatic heterocycles. The van der Waals surface area contributed by atoms with Crippen LogP contribution in [0.1, 0.15) is 28.1 Å². The van der Waals surface area contributed by atoms with E-state index in [1.807, 2.05) is 52.9 Å². The number of carbonyl (C=O) groups is 1. The molecule has 0 aliphatic rings. The number of hydrogen-bond donors (Lipinski definition) is 1.